The summed E-state index contributed by atoms with van der Waals surface area (Å²) in [5.41, 5.74) is 6.49. The van der Waals surface area contributed by atoms with E-state index in [-0.39, 0.29) is 16.9 Å². The third-order valence-corrected chi connectivity index (χ3v) is 2.80. The van der Waals surface area contributed by atoms with E-state index in [9.17, 15) is 5.11 Å². The van der Waals surface area contributed by atoms with Crippen LogP contribution in [0.25, 0.3) is 0 Å². The summed E-state index contributed by atoms with van der Waals surface area (Å²) in [6.45, 7) is 0.561. The highest BCUT2D eigenvalue weighted by Gasteiger charge is 2.44. The molecule has 3 heteroatoms. The van der Waals surface area contributed by atoms with Gasteiger partial charge in [0.15, 0.2) is 0 Å². The van der Waals surface area contributed by atoms with Crippen LogP contribution in [-0.2, 0) is 5.41 Å². The summed E-state index contributed by atoms with van der Waals surface area (Å²) >= 11 is 0. The molecule has 2 rings (SSSR count). The topological polar surface area (TPSA) is 66.5 Å². The molecule has 1 aliphatic carbocycles. The van der Waals surface area contributed by atoms with E-state index in [1.54, 1.807) is 12.1 Å². The average molecular weight is 179 g/mol. The molecule has 4 N–H and O–H groups in total. The van der Waals surface area contributed by atoms with Gasteiger partial charge < -0.3 is 15.9 Å². The Bertz CT molecular complexity index is 332. The summed E-state index contributed by atoms with van der Waals surface area (Å²) in [5, 5.41) is 18.7. The molecule has 1 aliphatic rings. The van der Waals surface area contributed by atoms with Gasteiger partial charge in [0.1, 0.15) is 11.5 Å². The van der Waals surface area contributed by atoms with Gasteiger partial charge in [0.2, 0.25) is 0 Å². The summed E-state index contributed by atoms with van der Waals surface area (Å²) in [6.07, 6.45) is 2.06. The van der Waals surface area contributed by atoms with Crippen molar-refractivity contribution in [3.63, 3.8) is 0 Å². The highest BCUT2D eigenvalue weighted by Crippen LogP contribution is 2.50. The number of hydrogen-bond acceptors (Lipinski definition) is 3. The fourth-order valence-corrected chi connectivity index (χ4v) is 1.70. The first-order chi connectivity index (χ1) is 6.18. The Morgan fingerprint density at radius 3 is 2.46 bits per heavy atom. The van der Waals surface area contributed by atoms with Gasteiger partial charge in [-0.3, -0.25) is 0 Å². The first-order valence-electron chi connectivity index (χ1n) is 4.40. The number of hydrogen-bond donors (Lipinski definition) is 3. The van der Waals surface area contributed by atoms with Gasteiger partial charge in [-0.1, -0.05) is 6.07 Å². The fraction of sp³-hybridized carbons (Fsp3) is 0.400. The molecule has 0 aliphatic heterocycles. The van der Waals surface area contributed by atoms with Crippen molar-refractivity contribution < 1.29 is 10.2 Å². The third-order valence-electron chi connectivity index (χ3n) is 2.80. The first-order valence-corrected chi connectivity index (χ1v) is 4.40. The molecular weight excluding hydrogens is 166 g/mol. The Labute approximate surface area is 76.8 Å². The second kappa shape index (κ2) is 2.64. The molecule has 70 valence electrons. The standard InChI is InChI=1S/C10H13NO2/c11-6-10(3-4-10)8-2-1-7(12)5-9(8)13/h1-2,5,12-13H,3-4,6,11H2. The number of benzene rings is 1. The highest BCUT2D eigenvalue weighted by molar-refractivity contribution is 5.46. The molecule has 0 atom stereocenters. The van der Waals surface area contributed by atoms with Gasteiger partial charge in [0.25, 0.3) is 0 Å². The summed E-state index contributed by atoms with van der Waals surface area (Å²) in [6, 6.07) is 4.71. The van der Waals surface area contributed by atoms with Crippen molar-refractivity contribution in [2.24, 2.45) is 5.73 Å². The maximum atomic E-state index is 9.58. The van der Waals surface area contributed by atoms with E-state index in [0.717, 1.165) is 18.4 Å². The average Bonchev–Trinajstić information content (AvgIpc) is 2.85. The van der Waals surface area contributed by atoms with Crippen molar-refractivity contribution in [2.75, 3.05) is 6.54 Å². The van der Waals surface area contributed by atoms with Crippen molar-refractivity contribution in [1.29, 1.82) is 0 Å². The first kappa shape index (κ1) is 8.38. The van der Waals surface area contributed by atoms with E-state index >= 15 is 0 Å². The Hall–Kier alpha value is -1.22. The number of rotatable bonds is 2. The van der Waals surface area contributed by atoms with Crippen molar-refractivity contribution in [1.82, 2.24) is 0 Å². The normalized spacial score (nSPS) is 18.5. The van der Waals surface area contributed by atoms with E-state index in [4.69, 9.17) is 10.8 Å². The molecule has 0 aromatic heterocycles. The summed E-state index contributed by atoms with van der Waals surface area (Å²) in [5.74, 6) is 0.247. The van der Waals surface area contributed by atoms with Crippen molar-refractivity contribution in [2.45, 2.75) is 18.3 Å². The minimum atomic E-state index is -0.0161. The van der Waals surface area contributed by atoms with Crippen LogP contribution in [0.1, 0.15) is 18.4 Å². The van der Waals surface area contributed by atoms with E-state index in [0.29, 0.717) is 6.54 Å². The zero-order chi connectivity index (χ0) is 9.47. The van der Waals surface area contributed by atoms with Crippen LogP contribution in [-0.4, -0.2) is 16.8 Å². The van der Waals surface area contributed by atoms with Gasteiger partial charge in [-0.2, -0.15) is 0 Å². The molecule has 0 saturated heterocycles. The van der Waals surface area contributed by atoms with E-state index in [1.807, 2.05) is 0 Å². The van der Waals surface area contributed by atoms with Gasteiger partial charge in [-0.15, -0.1) is 0 Å². The van der Waals surface area contributed by atoms with E-state index in [1.165, 1.54) is 6.07 Å². The molecule has 1 aromatic rings. The van der Waals surface area contributed by atoms with Crippen LogP contribution in [0.3, 0.4) is 0 Å². The van der Waals surface area contributed by atoms with Gasteiger partial charge in [-0.25, -0.2) is 0 Å². The van der Waals surface area contributed by atoms with E-state index < -0.39 is 0 Å². The van der Waals surface area contributed by atoms with Crippen molar-refractivity contribution in [3.8, 4) is 11.5 Å². The van der Waals surface area contributed by atoms with Crippen LogP contribution in [0.5, 0.6) is 11.5 Å². The molecule has 1 saturated carbocycles. The third kappa shape index (κ3) is 1.25. The number of nitrogens with two attached hydrogens (primary N) is 1. The zero-order valence-corrected chi connectivity index (χ0v) is 7.33. The largest absolute Gasteiger partial charge is 0.508 e. The van der Waals surface area contributed by atoms with Gasteiger partial charge in [0, 0.05) is 23.6 Å². The van der Waals surface area contributed by atoms with Crippen LogP contribution < -0.4 is 5.73 Å². The van der Waals surface area contributed by atoms with Crippen molar-refractivity contribution >= 4 is 0 Å². The van der Waals surface area contributed by atoms with Gasteiger partial charge in [0.05, 0.1) is 0 Å². The lowest BCUT2D eigenvalue weighted by atomic mass is 9.95. The van der Waals surface area contributed by atoms with Crippen LogP contribution in [0.4, 0.5) is 0 Å². The second-order valence-corrected chi connectivity index (χ2v) is 3.69. The summed E-state index contributed by atoms with van der Waals surface area (Å²) in [7, 11) is 0. The number of phenolic OH excluding ortho intramolecular Hbond substituents is 2. The van der Waals surface area contributed by atoms with Gasteiger partial charge in [-0.05, 0) is 18.9 Å². The molecule has 3 nitrogen and oxygen atoms in total. The predicted molar refractivity (Wildman–Crippen MR) is 49.7 cm³/mol. The number of phenols is 2. The zero-order valence-electron chi connectivity index (χ0n) is 7.33. The Morgan fingerprint density at radius 2 is 2.00 bits per heavy atom. The molecule has 1 fully saturated rings. The van der Waals surface area contributed by atoms with Crippen LogP contribution in [0.15, 0.2) is 18.2 Å². The minimum Gasteiger partial charge on any atom is -0.508 e. The predicted octanol–water partition coefficient (Wildman–Crippen LogP) is 1.09. The number of aromatic hydroxyl groups is 2. The van der Waals surface area contributed by atoms with Crippen LogP contribution >= 0.6 is 0 Å². The smallest absolute Gasteiger partial charge is 0.123 e. The molecule has 13 heavy (non-hydrogen) atoms. The lowest BCUT2D eigenvalue weighted by Gasteiger charge is -2.14. The van der Waals surface area contributed by atoms with Crippen LogP contribution in [0.2, 0.25) is 0 Å². The van der Waals surface area contributed by atoms with Crippen LogP contribution in [0, 0.1) is 0 Å². The minimum absolute atomic E-state index is 0.0161. The molecule has 0 radical (unpaired) electrons. The molecule has 0 amide bonds. The quantitative estimate of drug-likeness (QED) is 0.636. The van der Waals surface area contributed by atoms with Gasteiger partial charge >= 0.3 is 0 Å². The molecule has 0 bridgehead atoms. The lowest BCUT2D eigenvalue weighted by molar-refractivity contribution is 0.440. The summed E-state index contributed by atoms with van der Waals surface area (Å²) < 4.78 is 0. The summed E-state index contributed by atoms with van der Waals surface area (Å²) in [4.78, 5) is 0. The molecular formula is C10H13NO2. The highest BCUT2D eigenvalue weighted by atomic mass is 16.3. The Morgan fingerprint density at radius 1 is 1.31 bits per heavy atom. The molecule has 0 unspecified atom stereocenters. The Balaban J connectivity index is 2.41. The maximum Gasteiger partial charge on any atom is 0.123 e. The SMILES string of the molecule is NCC1(c2ccc(O)cc2O)CC1. The van der Waals surface area contributed by atoms with E-state index in [2.05, 4.69) is 0 Å². The molecule has 0 spiro atoms. The maximum absolute atomic E-state index is 9.58. The lowest BCUT2D eigenvalue weighted by Crippen LogP contribution is -2.19. The fourth-order valence-electron chi connectivity index (χ4n) is 1.70. The molecule has 1 aromatic carbocycles. The monoisotopic (exact) mass is 179 g/mol. The Kier molecular flexibility index (Phi) is 1.70. The second-order valence-electron chi connectivity index (χ2n) is 3.69. The molecule has 0 heterocycles. The van der Waals surface area contributed by atoms with Crippen molar-refractivity contribution in [3.05, 3.63) is 23.8 Å².